The number of carbonyl (C=O) groups is 4. The molecule has 26 heavy (non-hydrogen) atoms. The fourth-order valence-corrected chi connectivity index (χ4v) is 3.21. The highest BCUT2D eigenvalue weighted by molar-refractivity contribution is 6.22. The molecule has 0 spiro atoms. The molecule has 0 unspecified atom stereocenters. The second kappa shape index (κ2) is 6.11. The van der Waals surface area contributed by atoms with Crippen LogP contribution in [0.5, 0.6) is 0 Å². The van der Waals surface area contributed by atoms with Gasteiger partial charge in [0.2, 0.25) is 0 Å². The average molecular weight is 350 g/mol. The van der Waals surface area contributed by atoms with E-state index in [-0.39, 0.29) is 17.7 Å². The molecule has 1 fully saturated rings. The van der Waals surface area contributed by atoms with E-state index in [1.54, 1.807) is 36.4 Å². The third kappa shape index (κ3) is 2.45. The summed E-state index contributed by atoms with van der Waals surface area (Å²) in [6.45, 7) is -0.471. The lowest BCUT2D eigenvalue weighted by Gasteiger charge is -2.22. The lowest BCUT2D eigenvalue weighted by molar-refractivity contribution is -0.129. The molecule has 0 aliphatic carbocycles. The summed E-state index contributed by atoms with van der Waals surface area (Å²) in [5, 5.41) is 0. The Morgan fingerprint density at radius 3 is 2.12 bits per heavy atom. The van der Waals surface area contributed by atoms with Crippen LogP contribution in [0.15, 0.2) is 54.6 Å². The smallest absolute Gasteiger partial charge is 0.417 e. The van der Waals surface area contributed by atoms with Crippen molar-refractivity contribution in [1.29, 1.82) is 0 Å². The minimum atomic E-state index is -0.777. The van der Waals surface area contributed by atoms with Gasteiger partial charge in [-0.15, -0.1) is 0 Å². The summed E-state index contributed by atoms with van der Waals surface area (Å²) in [4.78, 5) is 51.4. The van der Waals surface area contributed by atoms with Crippen molar-refractivity contribution in [1.82, 2.24) is 9.80 Å². The summed E-state index contributed by atoms with van der Waals surface area (Å²) in [5.74, 6) is -1.73. The molecular formula is C19H14N2O5. The highest BCUT2D eigenvalue weighted by Gasteiger charge is 2.42. The summed E-state index contributed by atoms with van der Waals surface area (Å²) in [5.41, 5.74) is 1.26. The number of ether oxygens (including phenoxy) is 1. The van der Waals surface area contributed by atoms with Crippen LogP contribution in [0.2, 0.25) is 0 Å². The Hall–Kier alpha value is -3.48. The third-order valence-electron chi connectivity index (χ3n) is 4.50. The molecule has 1 atom stereocenters. The Morgan fingerprint density at radius 2 is 1.50 bits per heavy atom. The van der Waals surface area contributed by atoms with E-state index in [2.05, 4.69) is 0 Å². The van der Waals surface area contributed by atoms with Crippen molar-refractivity contribution >= 4 is 23.8 Å². The van der Waals surface area contributed by atoms with Gasteiger partial charge in [-0.05, 0) is 17.7 Å². The molecule has 2 aliphatic rings. The van der Waals surface area contributed by atoms with Crippen molar-refractivity contribution in [2.45, 2.75) is 6.04 Å². The van der Waals surface area contributed by atoms with E-state index in [0.717, 1.165) is 15.4 Å². The molecule has 2 heterocycles. The highest BCUT2D eigenvalue weighted by atomic mass is 16.6. The van der Waals surface area contributed by atoms with Crippen molar-refractivity contribution in [2.75, 3.05) is 13.2 Å². The molecular weight excluding hydrogens is 336 g/mol. The molecule has 0 saturated carbocycles. The van der Waals surface area contributed by atoms with Gasteiger partial charge in [0.25, 0.3) is 17.7 Å². The van der Waals surface area contributed by atoms with Crippen LogP contribution in [-0.2, 0) is 9.53 Å². The number of amides is 4. The van der Waals surface area contributed by atoms with Gasteiger partial charge in [0.05, 0.1) is 11.1 Å². The van der Waals surface area contributed by atoms with E-state index in [1.165, 1.54) is 12.1 Å². The van der Waals surface area contributed by atoms with Crippen LogP contribution in [0.1, 0.15) is 32.3 Å². The number of carbonyl (C=O) groups excluding carboxylic acids is 4. The zero-order valence-electron chi connectivity index (χ0n) is 13.6. The van der Waals surface area contributed by atoms with Gasteiger partial charge < -0.3 is 4.74 Å². The van der Waals surface area contributed by atoms with E-state index >= 15 is 0 Å². The van der Waals surface area contributed by atoms with Crippen LogP contribution < -0.4 is 0 Å². The zero-order valence-corrected chi connectivity index (χ0v) is 13.6. The van der Waals surface area contributed by atoms with Gasteiger partial charge >= 0.3 is 6.09 Å². The van der Waals surface area contributed by atoms with Gasteiger partial charge in [-0.3, -0.25) is 19.3 Å². The third-order valence-corrected chi connectivity index (χ3v) is 4.50. The first-order chi connectivity index (χ1) is 12.6. The van der Waals surface area contributed by atoms with Gasteiger partial charge in [0.15, 0.2) is 0 Å². The van der Waals surface area contributed by atoms with Crippen LogP contribution in [0.25, 0.3) is 0 Å². The lowest BCUT2D eigenvalue weighted by atomic mass is 10.1. The molecule has 4 amide bonds. The van der Waals surface area contributed by atoms with Crippen LogP contribution in [0.3, 0.4) is 0 Å². The number of imide groups is 2. The highest BCUT2D eigenvalue weighted by Crippen LogP contribution is 2.29. The Kier molecular flexibility index (Phi) is 3.76. The minimum Gasteiger partial charge on any atom is -0.446 e. The van der Waals surface area contributed by atoms with Gasteiger partial charge in [-0.25, -0.2) is 9.69 Å². The molecule has 7 nitrogen and oxygen atoms in total. The van der Waals surface area contributed by atoms with Crippen molar-refractivity contribution in [3.63, 3.8) is 0 Å². The summed E-state index contributed by atoms with van der Waals surface area (Å²) in [6, 6.07) is 14.8. The first-order valence-corrected chi connectivity index (χ1v) is 8.07. The van der Waals surface area contributed by atoms with Gasteiger partial charge in [0, 0.05) is 0 Å². The Morgan fingerprint density at radius 1 is 0.923 bits per heavy atom. The summed E-state index contributed by atoms with van der Waals surface area (Å²) in [7, 11) is 0. The predicted molar refractivity (Wildman–Crippen MR) is 89.2 cm³/mol. The van der Waals surface area contributed by atoms with Crippen molar-refractivity contribution in [3.05, 3.63) is 71.3 Å². The van der Waals surface area contributed by atoms with Crippen LogP contribution in [0, 0.1) is 0 Å². The Bertz CT molecular complexity index is 890. The number of cyclic esters (lactones) is 1. The van der Waals surface area contributed by atoms with Crippen LogP contribution in [-0.4, -0.2) is 46.8 Å². The second-order valence-corrected chi connectivity index (χ2v) is 6.01. The molecule has 1 saturated heterocycles. The quantitative estimate of drug-likeness (QED) is 0.791. The lowest BCUT2D eigenvalue weighted by Crippen LogP contribution is -2.44. The van der Waals surface area contributed by atoms with Crippen LogP contribution >= 0.6 is 0 Å². The first kappa shape index (κ1) is 16.0. The van der Waals surface area contributed by atoms with Crippen molar-refractivity contribution in [3.8, 4) is 0 Å². The molecule has 0 aromatic heterocycles. The molecule has 2 aromatic carbocycles. The zero-order chi connectivity index (χ0) is 18.3. The molecule has 0 radical (unpaired) electrons. The fraction of sp³-hybridized carbons (Fsp3) is 0.158. The summed E-state index contributed by atoms with van der Waals surface area (Å²) in [6.07, 6.45) is -0.777. The molecule has 7 heteroatoms. The topological polar surface area (TPSA) is 84.0 Å². The van der Waals surface area contributed by atoms with Crippen LogP contribution in [0.4, 0.5) is 4.79 Å². The number of nitrogens with zero attached hydrogens (tertiary/aromatic N) is 2. The van der Waals surface area contributed by atoms with E-state index in [0.29, 0.717) is 0 Å². The fourth-order valence-electron chi connectivity index (χ4n) is 3.21. The maximum atomic E-state index is 12.7. The molecule has 130 valence electrons. The Labute approximate surface area is 148 Å². The molecule has 2 aromatic rings. The minimum absolute atomic E-state index is 0.0384. The SMILES string of the molecule is O=C1c2ccccc2C(=O)N1CC(=O)N1C(=O)OC[C@@H]1c1ccccc1. The predicted octanol–water partition coefficient (Wildman–Crippen LogP) is 2.00. The van der Waals surface area contributed by atoms with E-state index in [1.807, 2.05) is 6.07 Å². The van der Waals surface area contributed by atoms with Crippen molar-refractivity contribution in [2.24, 2.45) is 0 Å². The van der Waals surface area contributed by atoms with E-state index in [9.17, 15) is 19.2 Å². The maximum Gasteiger partial charge on any atom is 0.417 e. The van der Waals surface area contributed by atoms with E-state index in [4.69, 9.17) is 4.74 Å². The largest absolute Gasteiger partial charge is 0.446 e. The monoisotopic (exact) mass is 350 g/mol. The molecule has 0 bridgehead atoms. The van der Waals surface area contributed by atoms with Crippen molar-refractivity contribution < 1.29 is 23.9 Å². The number of hydrogen-bond acceptors (Lipinski definition) is 5. The number of fused-ring (bicyclic) bond motifs is 1. The summed E-state index contributed by atoms with van der Waals surface area (Å²) >= 11 is 0. The van der Waals surface area contributed by atoms with E-state index < -0.39 is 36.4 Å². The standard InChI is InChI=1S/C19H14N2O5/c22-16(10-20-17(23)13-8-4-5-9-14(13)18(20)24)21-15(11-26-19(21)25)12-6-2-1-3-7-12/h1-9,15H,10-11H2/t15-/m1/s1. The number of hydrogen-bond donors (Lipinski definition) is 0. The number of benzene rings is 2. The Balaban J connectivity index is 1.57. The van der Waals surface area contributed by atoms with Gasteiger partial charge in [-0.2, -0.15) is 0 Å². The summed E-state index contributed by atoms with van der Waals surface area (Å²) < 4.78 is 5.01. The van der Waals surface area contributed by atoms with Gasteiger partial charge in [0.1, 0.15) is 19.2 Å². The molecule has 4 rings (SSSR count). The second-order valence-electron chi connectivity index (χ2n) is 6.01. The first-order valence-electron chi connectivity index (χ1n) is 8.07. The molecule has 2 aliphatic heterocycles. The molecule has 0 N–H and O–H groups in total. The normalized spacial score (nSPS) is 18.9. The number of rotatable bonds is 3. The average Bonchev–Trinajstić information content (AvgIpc) is 3.16. The maximum absolute atomic E-state index is 12.7. The van der Waals surface area contributed by atoms with Gasteiger partial charge in [-0.1, -0.05) is 42.5 Å².